The summed E-state index contributed by atoms with van der Waals surface area (Å²) >= 11 is 0. The van der Waals surface area contributed by atoms with Gasteiger partial charge >= 0.3 is 12.1 Å². The van der Waals surface area contributed by atoms with Gasteiger partial charge in [0.1, 0.15) is 0 Å². The summed E-state index contributed by atoms with van der Waals surface area (Å²) in [6.45, 7) is -0.873. The van der Waals surface area contributed by atoms with Gasteiger partial charge in [-0.2, -0.15) is 13.2 Å². The van der Waals surface area contributed by atoms with Gasteiger partial charge in [-0.25, -0.2) is 0 Å². The number of amides is 3. The van der Waals surface area contributed by atoms with Crippen LogP contribution in [0.2, 0.25) is 0 Å². The Morgan fingerprint density at radius 3 is 2.47 bits per heavy atom. The molecule has 1 heterocycles. The highest BCUT2D eigenvalue weighted by atomic mass is 19.4. The summed E-state index contributed by atoms with van der Waals surface area (Å²) in [7, 11) is 0. The molecular weight excluding hydrogens is 431 g/mol. The lowest BCUT2D eigenvalue weighted by Crippen LogP contribution is -2.43. The first-order valence-corrected chi connectivity index (χ1v) is 9.43. The molecule has 1 fully saturated rings. The normalized spacial score (nSPS) is 15.9. The molecule has 0 bridgehead atoms. The summed E-state index contributed by atoms with van der Waals surface area (Å²) in [5, 5.41) is 3.22. The number of carbonyl (C=O) groups excluding carboxylic acids is 4. The van der Waals surface area contributed by atoms with Crippen molar-refractivity contribution in [2.75, 3.05) is 18.5 Å². The van der Waals surface area contributed by atoms with Gasteiger partial charge in [-0.3, -0.25) is 29.6 Å². The number of nitrogens with zero attached hydrogens (tertiary/aromatic N) is 1. The molecule has 32 heavy (non-hydrogen) atoms. The van der Waals surface area contributed by atoms with Crippen molar-refractivity contribution in [3.05, 3.63) is 65.7 Å². The third kappa shape index (κ3) is 5.84. The average molecular weight is 449 g/mol. The zero-order valence-electron chi connectivity index (χ0n) is 16.5. The van der Waals surface area contributed by atoms with Gasteiger partial charge in [0.05, 0.1) is 18.0 Å². The maximum atomic E-state index is 12.7. The lowest BCUT2D eigenvalue weighted by Gasteiger charge is -2.17. The first kappa shape index (κ1) is 22.8. The monoisotopic (exact) mass is 449 g/mol. The number of nitrogens with one attached hydrogen (secondary N) is 2. The zero-order chi connectivity index (χ0) is 23.3. The third-order valence-corrected chi connectivity index (χ3v) is 4.55. The molecule has 8 nitrogen and oxygen atoms in total. The van der Waals surface area contributed by atoms with Crippen LogP contribution >= 0.6 is 0 Å². The quantitative estimate of drug-likeness (QED) is 0.659. The van der Waals surface area contributed by atoms with Crippen LogP contribution in [0.4, 0.5) is 18.9 Å². The van der Waals surface area contributed by atoms with E-state index in [4.69, 9.17) is 4.74 Å². The summed E-state index contributed by atoms with van der Waals surface area (Å²) in [5.41, 5.74) is 1.70. The number of hydrogen-bond acceptors (Lipinski definition) is 5. The Morgan fingerprint density at radius 2 is 1.78 bits per heavy atom. The van der Waals surface area contributed by atoms with Crippen molar-refractivity contribution in [3.63, 3.8) is 0 Å². The van der Waals surface area contributed by atoms with Gasteiger partial charge < -0.3 is 10.1 Å². The second kappa shape index (κ2) is 9.50. The molecule has 1 aliphatic rings. The number of esters is 1. The number of ether oxygens (including phenoxy) is 1. The largest absolute Gasteiger partial charge is 0.455 e. The maximum Gasteiger partial charge on any atom is 0.416 e. The second-order valence-corrected chi connectivity index (χ2v) is 6.95. The van der Waals surface area contributed by atoms with Crippen LogP contribution in [-0.2, 0) is 25.3 Å². The Kier molecular flexibility index (Phi) is 6.76. The highest BCUT2D eigenvalue weighted by molar-refractivity contribution is 5.97. The van der Waals surface area contributed by atoms with Gasteiger partial charge in [-0.15, -0.1) is 0 Å². The van der Waals surface area contributed by atoms with Crippen LogP contribution in [0.3, 0.4) is 0 Å². The van der Waals surface area contributed by atoms with E-state index in [1.165, 1.54) is 6.07 Å². The summed E-state index contributed by atoms with van der Waals surface area (Å²) in [4.78, 5) is 48.3. The average Bonchev–Trinajstić information content (AvgIpc) is 3.12. The lowest BCUT2D eigenvalue weighted by molar-refractivity contribution is -0.151. The van der Waals surface area contributed by atoms with Gasteiger partial charge in [0.2, 0.25) is 5.91 Å². The fourth-order valence-electron chi connectivity index (χ4n) is 2.98. The Hall–Kier alpha value is -3.89. The van der Waals surface area contributed by atoms with E-state index in [9.17, 15) is 32.3 Å². The molecule has 168 valence electrons. The standard InChI is InChI=1S/C21H18F3N3O5/c22-21(23,24)15-7-4-8-16(10-15)25-17(28)12-32-20(31)14-9-18(29)27(11-14)26-19(30)13-5-2-1-3-6-13/h1-8,10,14H,9,11-12H2,(H,25,28)(H,26,30)/t14-/m1/s1. The Balaban J connectivity index is 1.48. The highest BCUT2D eigenvalue weighted by Gasteiger charge is 2.37. The van der Waals surface area contributed by atoms with Gasteiger partial charge in [-0.1, -0.05) is 24.3 Å². The molecule has 0 aliphatic carbocycles. The molecule has 3 rings (SSSR count). The van der Waals surface area contributed by atoms with Crippen LogP contribution in [0.1, 0.15) is 22.3 Å². The van der Waals surface area contributed by atoms with Crippen molar-refractivity contribution < 1.29 is 37.1 Å². The summed E-state index contributed by atoms with van der Waals surface area (Å²) < 4.78 is 43.1. The summed E-state index contributed by atoms with van der Waals surface area (Å²) in [5.74, 6) is -3.59. The number of anilines is 1. The van der Waals surface area contributed by atoms with E-state index in [0.717, 1.165) is 23.2 Å². The van der Waals surface area contributed by atoms with E-state index in [2.05, 4.69) is 10.7 Å². The van der Waals surface area contributed by atoms with Crippen LogP contribution in [0.5, 0.6) is 0 Å². The number of halogens is 3. The van der Waals surface area contributed by atoms with Crippen LogP contribution in [0.15, 0.2) is 54.6 Å². The maximum absolute atomic E-state index is 12.7. The SMILES string of the molecule is O=C(COC(=O)[C@@H]1CC(=O)N(NC(=O)c2ccccc2)C1)Nc1cccc(C(F)(F)F)c1. The smallest absolute Gasteiger partial charge is 0.416 e. The van der Waals surface area contributed by atoms with E-state index >= 15 is 0 Å². The molecule has 0 spiro atoms. The number of hydrogen-bond donors (Lipinski definition) is 2. The molecule has 1 atom stereocenters. The van der Waals surface area contributed by atoms with E-state index < -0.39 is 48.0 Å². The Bertz CT molecular complexity index is 1030. The van der Waals surface area contributed by atoms with Crippen molar-refractivity contribution in [1.82, 2.24) is 10.4 Å². The van der Waals surface area contributed by atoms with E-state index in [1.54, 1.807) is 30.3 Å². The molecule has 1 saturated heterocycles. The molecule has 2 aromatic carbocycles. The molecule has 2 aromatic rings. The lowest BCUT2D eigenvalue weighted by atomic mass is 10.1. The predicted molar refractivity (Wildman–Crippen MR) is 105 cm³/mol. The predicted octanol–water partition coefficient (Wildman–Crippen LogP) is 2.38. The van der Waals surface area contributed by atoms with Gasteiger partial charge in [0.25, 0.3) is 11.8 Å². The minimum Gasteiger partial charge on any atom is -0.455 e. The van der Waals surface area contributed by atoms with Crippen LogP contribution in [0.25, 0.3) is 0 Å². The highest BCUT2D eigenvalue weighted by Crippen LogP contribution is 2.30. The van der Waals surface area contributed by atoms with Gasteiger partial charge in [-0.05, 0) is 30.3 Å². The molecule has 0 radical (unpaired) electrons. The van der Waals surface area contributed by atoms with Gasteiger partial charge in [0.15, 0.2) is 6.61 Å². The van der Waals surface area contributed by atoms with Gasteiger partial charge in [0, 0.05) is 17.7 Å². The minimum absolute atomic E-state index is 0.105. The van der Waals surface area contributed by atoms with Crippen molar-refractivity contribution in [1.29, 1.82) is 0 Å². The van der Waals surface area contributed by atoms with Crippen LogP contribution in [-0.4, -0.2) is 41.9 Å². The molecule has 0 unspecified atom stereocenters. The first-order chi connectivity index (χ1) is 15.1. The summed E-state index contributed by atoms with van der Waals surface area (Å²) in [6, 6.07) is 12.2. The number of rotatable bonds is 6. The molecule has 0 aromatic heterocycles. The molecule has 3 amide bonds. The topological polar surface area (TPSA) is 105 Å². The van der Waals surface area contributed by atoms with E-state index in [0.29, 0.717) is 5.56 Å². The number of benzene rings is 2. The minimum atomic E-state index is -4.57. The van der Waals surface area contributed by atoms with Crippen molar-refractivity contribution >= 4 is 29.4 Å². The van der Waals surface area contributed by atoms with Crippen molar-refractivity contribution in [2.45, 2.75) is 12.6 Å². The molecule has 1 aliphatic heterocycles. The van der Waals surface area contributed by atoms with Crippen molar-refractivity contribution in [2.24, 2.45) is 5.92 Å². The number of alkyl halides is 3. The van der Waals surface area contributed by atoms with Crippen LogP contribution < -0.4 is 10.7 Å². The third-order valence-electron chi connectivity index (χ3n) is 4.55. The fraction of sp³-hybridized carbons (Fsp3) is 0.238. The van der Waals surface area contributed by atoms with Crippen LogP contribution in [0, 0.1) is 5.92 Å². The number of hydrazine groups is 1. The Labute approximate surface area is 180 Å². The fourth-order valence-corrected chi connectivity index (χ4v) is 2.98. The molecule has 2 N–H and O–H groups in total. The molecule has 0 saturated carbocycles. The van der Waals surface area contributed by atoms with E-state index in [1.807, 2.05) is 0 Å². The molecular formula is C21H18F3N3O5. The molecule has 11 heteroatoms. The second-order valence-electron chi connectivity index (χ2n) is 6.95. The van der Waals surface area contributed by atoms with E-state index in [-0.39, 0.29) is 18.7 Å². The van der Waals surface area contributed by atoms with Crippen molar-refractivity contribution in [3.8, 4) is 0 Å². The summed E-state index contributed by atoms with van der Waals surface area (Å²) in [6.07, 6.45) is -4.78. The zero-order valence-corrected chi connectivity index (χ0v) is 16.5. The number of carbonyl (C=O) groups is 4. The Morgan fingerprint density at radius 1 is 1.06 bits per heavy atom. The first-order valence-electron chi connectivity index (χ1n) is 9.43.